The van der Waals surface area contributed by atoms with Crippen LogP contribution in [0.2, 0.25) is 0 Å². The smallest absolute Gasteiger partial charge is 0.326 e. The van der Waals surface area contributed by atoms with Gasteiger partial charge in [0.15, 0.2) is 0 Å². The molecule has 0 saturated carbocycles. The third kappa shape index (κ3) is 3.41. The Labute approximate surface area is 86.8 Å². The number of hydrogen-bond acceptors (Lipinski definition) is 3. The number of allylic oxidation sites excluding steroid dienone is 1. The van der Waals surface area contributed by atoms with Gasteiger partial charge in [0.1, 0.15) is 6.04 Å². The van der Waals surface area contributed by atoms with Crippen molar-refractivity contribution in [1.82, 2.24) is 5.32 Å². The number of carboxylic acid groups (broad SMARTS) is 1. The fourth-order valence-corrected chi connectivity index (χ4v) is 2.28. The van der Waals surface area contributed by atoms with E-state index in [1.54, 1.807) is 11.8 Å². The first kappa shape index (κ1) is 11.1. The molecule has 2 N–H and O–H groups in total. The minimum absolute atomic E-state index is 0.281. The summed E-state index contributed by atoms with van der Waals surface area (Å²) in [5, 5.41) is 13.5. The standard InChI is InChI=1S/C9H13NO3S/c1-6(11)10-8(9(12)13)5-7-3-2-4-14-7/h2,4,7-8H,3,5H2,1H3,(H,10,11)(H,12,13)/t7?,8-/m0/s1. The van der Waals surface area contributed by atoms with Crippen LogP contribution in [0.5, 0.6) is 0 Å². The fraction of sp³-hybridized carbons (Fsp3) is 0.556. The van der Waals surface area contributed by atoms with Crippen LogP contribution in [-0.4, -0.2) is 28.3 Å². The molecule has 0 radical (unpaired) electrons. The third-order valence-electron chi connectivity index (χ3n) is 1.94. The maximum atomic E-state index is 10.8. The Morgan fingerprint density at radius 2 is 2.43 bits per heavy atom. The first-order chi connectivity index (χ1) is 6.59. The van der Waals surface area contributed by atoms with Gasteiger partial charge in [-0.15, -0.1) is 11.8 Å². The molecule has 1 heterocycles. The molecule has 1 amide bonds. The van der Waals surface area contributed by atoms with E-state index in [1.807, 2.05) is 11.5 Å². The zero-order valence-corrected chi connectivity index (χ0v) is 8.71. The van der Waals surface area contributed by atoms with Crippen LogP contribution >= 0.6 is 11.8 Å². The van der Waals surface area contributed by atoms with E-state index in [4.69, 9.17) is 5.11 Å². The Morgan fingerprint density at radius 1 is 1.71 bits per heavy atom. The summed E-state index contributed by atoms with van der Waals surface area (Å²) < 4.78 is 0. The van der Waals surface area contributed by atoms with Crippen LogP contribution in [0.4, 0.5) is 0 Å². The molecule has 5 heteroatoms. The lowest BCUT2D eigenvalue weighted by molar-refractivity contribution is -0.141. The van der Waals surface area contributed by atoms with Gasteiger partial charge < -0.3 is 10.4 Å². The van der Waals surface area contributed by atoms with Crippen LogP contribution in [-0.2, 0) is 9.59 Å². The number of thioether (sulfide) groups is 1. The van der Waals surface area contributed by atoms with Crippen molar-refractivity contribution >= 4 is 23.6 Å². The minimum Gasteiger partial charge on any atom is -0.480 e. The fourth-order valence-electron chi connectivity index (χ4n) is 1.31. The normalized spacial score (nSPS) is 21.9. The van der Waals surface area contributed by atoms with Gasteiger partial charge in [-0.1, -0.05) is 6.08 Å². The van der Waals surface area contributed by atoms with Gasteiger partial charge in [0, 0.05) is 12.2 Å². The van der Waals surface area contributed by atoms with E-state index >= 15 is 0 Å². The lowest BCUT2D eigenvalue weighted by atomic mass is 10.1. The van der Waals surface area contributed by atoms with Crippen molar-refractivity contribution in [1.29, 1.82) is 0 Å². The molecule has 0 saturated heterocycles. The second kappa shape index (κ2) is 5.05. The first-order valence-corrected chi connectivity index (χ1v) is 5.34. The van der Waals surface area contributed by atoms with Gasteiger partial charge in [0.05, 0.1) is 0 Å². The molecule has 4 nitrogen and oxygen atoms in total. The van der Waals surface area contributed by atoms with E-state index in [1.165, 1.54) is 6.92 Å². The number of nitrogens with one attached hydrogen (secondary N) is 1. The lowest BCUT2D eigenvalue weighted by Crippen LogP contribution is -2.41. The van der Waals surface area contributed by atoms with Gasteiger partial charge >= 0.3 is 5.97 Å². The zero-order valence-electron chi connectivity index (χ0n) is 7.90. The molecular formula is C9H13NO3S. The molecule has 0 aromatic carbocycles. The van der Waals surface area contributed by atoms with Crippen molar-refractivity contribution in [2.24, 2.45) is 0 Å². The van der Waals surface area contributed by atoms with E-state index in [9.17, 15) is 9.59 Å². The van der Waals surface area contributed by atoms with E-state index in [0.29, 0.717) is 6.42 Å². The van der Waals surface area contributed by atoms with Crippen LogP contribution in [0, 0.1) is 0 Å². The van der Waals surface area contributed by atoms with Gasteiger partial charge in [-0.3, -0.25) is 4.79 Å². The number of carboxylic acids is 1. The monoisotopic (exact) mass is 215 g/mol. The maximum absolute atomic E-state index is 10.8. The molecule has 14 heavy (non-hydrogen) atoms. The average molecular weight is 215 g/mol. The van der Waals surface area contributed by atoms with Gasteiger partial charge in [0.25, 0.3) is 0 Å². The summed E-state index contributed by atoms with van der Waals surface area (Å²) in [6, 6.07) is -0.759. The van der Waals surface area contributed by atoms with Gasteiger partial charge in [-0.05, 0) is 18.2 Å². The number of amides is 1. The van der Waals surface area contributed by atoms with E-state index < -0.39 is 12.0 Å². The Morgan fingerprint density at radius 3 is 2.86 bits per heavy atom. The third-order valence-corrected chi connectivity index (χ3v) is 3.06. The van der Waals surface area contributed by atoms with Gasteiger partial charge in [-0.2, -0.15) is 0 Å². The van der Waals surface area contributed by atoms with Crippen molar-refractivity contribution in [2.45, 2.75) is 31.1 Å². The summed E-state index contributed by atoms with van der Waals surface area (Å²) >= 11 is 1.62. The number of hydrogen-bond donors (Lipinski definition) is 2. The van der Waals surface area contributed by atoms with Gasteiger partial charge in [-0.25, -0.2) is 4.79 Å². The second-order valence-electron chi connectivity index (χ2n) is 3.19. The molecule has 0 fully saturated rings. The molecular weight excluding hydrogens is 202 g/mol. The molecule has 0 spiro atoms. The molecule has 0 aromatic rings. The summed E-state index contributed by atoms with van der Waals surface area (Å²) in [7, 11) is 0. The van der Waals surface area contributed by atoms with Gasteiger partial charge in [0.2, 0.25) is 5.91 Å². The van der Waals surface area contributed by atoms with Crippen molar-refractivity contribution in [3.05, 3.63) is 11.5 Å². The average Bonchev–Trinajstić information content (AvgIpc) is 2.54. The molecule has 0 bridgehead atoms. The highest BCUT2D eigenvalue weighted by atomic mass is 32.2. The molecule has 2 atom stereocenters. The molecule has 0 aromatic heterocycles. The second-order valence-corrected chi connectivity index (χ2v) is 4.40. The summed E-state index contributed by atoms with van der Waals surface area (Å²) in [6.45, 7) is 1.33. The van der Waals surface area contributed by atoms with Crippen LogP contribution in [0.3, 0.4) is 0 Å². The predicted octanol–water partition coefficient (Wildman–Crippen LogP) is 0.985. The number of rotatable bonds is 4. The topological polar surface area (TPSA) is 66.4 Å². The van der Waals surface area contributed by atoms with Crippen LogP contribution in [0.1, 0.15) is 19.8 Å². The maximum Gasteiger partial charge on any atom is 0.326 e. The van der Waals surface area contributed by atoms with Crippen molar-refractivity contribution in [2.75, 3.05) is 0 Å². The predicted molar refractivity (Wildman–Crippen MR) is 55.0 cm³/mol. The van der Waals surface area contributed by atoms with E-state index in [0.717, 1.165) is 6.42 Å². The number of carbonyl (C=O) groups is 2. The number of aliphatic carboxylic acids is 1. The SMILES string of the molecule is CC(=O)N[C@@H](CC1CC=CS1)C(=O)O. The molecule has 1 aliphatic rings. The zero-order chi connectivity index (χ0) is 10.6. The lowest BCUT2D eigenvalue weighted by Gasteiger charge is -2.16. The number of carbonyl (C=O) groups excluding carboxylic acids is 1. The quantitative estimate of drug-likeness (QED) is 0.733. The molecule has 0 aliphatic carbocycles. The van der Waals surface area contributed by atoms with Crippen LogP contribution in [0.25, 0.3) is 0 Å². The van der Waals surface area contributed by atoms with Crippen molar-refractivity contribution < 1.29 is 14.7 Å². The van der Waals surface area contributed by atoms with Crippen LogP contribution < -0.4 is 5.32 Å². The van der Waals surface area contributed by atoms with Crippen molar-refractivity contribution in [3.8, 4) is 0 Å². The summed E-state index contributed by atoms with van der Waals surface area (Å²) in [5.74, 6) is -1.26. The Hall–Kier alpha value is -0.970. The highest BCUT2D eigenvalue weighted by Gasteiger charge is 2.23. The Kier molecular flexibility index (Phi) is 4.00. The Bertz CT molecular complexity index is 257. The van der Waals surface area contributed by atoms with E-state index in [-0.39, 0.29) is 11.2 Å². The Balaban J connectivity index is 2.42. The largest absolute Gasteiger partial charge is 0.480 e. The highest BCUT2D eigenvalue weighted by molar-refractivity contribution is 8.03. The molecule has 78 valence electrons. The van der Waals surface area contributed by atoms with Crippen LogP contribution in [0.15, 0.2) is 11.5 Å². The molecule has 1 rings (SSSR count). The van der Waals surface area contributed by atoms with E-state index in [2.05, 4.69) is 5.32 Å². The first-order valence-electron chi connectivity index (χ1n) is 4.40. The summed E-state index contributed by atoms with van der Waals surface area (Å²) in [5.41, 5.74) is 0. The molecule has 1 unspecified atom stereocenters. The minimum atomic E-state index is -0.965. The van der Waals surface area contributed by atoms with Crippen molar-refractivity contribution in [3.63, 3.8) is 0 Å². The molecule has 1 aliphatic heterocycles. The highest BCUT2D eigenvalue weighted by Crippen LogP contribution is 2.27. The summed E-state index contributed by atoms with van der Waals surface area (Å²) in [6.07, 6.45) is 3.38. The summed E-state index contributed by atoms with van der Waals surface area (Å²) in [4.78, 5) is 21.5.